The number of nitrogens with zero attached hydrogens (tertiary/aromatic N) is 1. The second-order valence-corrected chi connectivity index (χ2v) is 7.70. The number of piperidine rings is 1. The molecule has 1 aromatic carbocycles. The zero-order valence-electron chi connectivity index (χ0n) is 16.8. The molecule has 28 heavy (non-hydrogen) atoms. The molecule has 0 radical (unpaired) electrons. The van der Waals surface area contributed by atoms with Gasteiger partial charge in [-0.15, -0.1) is 0 Å². The predicted molar refractivity (Wildman–Crippen MR) is 108 cm³/mol. The summed E-state index contributed by atoms with van der Waals surface area (Å²) in [5.74, 6) is -0.363. The zero-order valence-corrected chi connectivity index (χ0v) is 16.8. The highest BCUT2D eigenvalue weighted by Gasteiger charge is 2.24. The maximum absolute atomic E-state index is 12.4. The summed E-state index contributed by atoms with van der Waals surface area (Å²) in [6.07, 6.45) is 2.70. The molecule has 0 spiro atoms. The third-order valence-electron chi connectivity index (χ3n) is 5.13. The lowest BCUT2D eigenvalue weighted by atomic mass is 10.0. The van der Waals surface area contributed by atoms with Crippen LogP contribution < -0.4 is 16.4 Å². The van der Waals surface area contributed by atoms with Crippen molar-refractivity contribution in [3.63, 3.8) is 0 Å². The van der Waals surface area contributed by atoms with Crippen molar-refractivity contribution in [2.45, 2.75) is 51.6 Å². The van der Waals surface area contributed by atoms with Gasteiger partial charge < -0.3 is 21.3 Å². The summed E-state index contributed by atoms with van der Waals surface area (Å²) < 4.78 is 0. The molecule has 1 heterocycles. The molecule has 1 atom stereocenters. The van der Waals surface area contributed by atoms with Gasteiger partial charge in [-0.05, 0) is 30.7 Å². The van der Waals surface area contributed by atoms with Crippen LogP contribution in [0.5, 0.6) is 0 Å². The molecule has 1 aliphatic heterocycles. The van der Waals surface area contributed by atoms with E-state index in [1.54, 1.807) is 0 Å². The molecule has 0 unspecified atom stereocenters. The first-order chi connectivity index (χ1) is 13.4. The quantitative estimate of drug-likeness (QED) is 0.613. The SMILES string of the molecule is CC(C)[C@H](N)C(=O)NCC(=O)NC1CCN(C(=O)CCc2ccccc2)CC1. The molecule has 7 heteroatoms. The molecule has 2 rings (SSSR count). The molecule has 1 saturated heterocycles. The van der Waals surface area contributed by atoms with Gasteiger partial charge in [0.15, 0.2) is 0 Å². The zero-order chi connectivity index (χ0) is 20.5. The van der Waals surface area contributed by atoms with E-state index < -0.39 is 6.04 Å². The van der Waals surface area contributed by atoms with Gasteiger partial charge in [-0.25, -0.2) is 0 Å². The van der Waals surface area contributed by atoms with Gasteiger partial charge in [0.1, 0.15) is 0 Å². The fourth-order valence-electron chi connectivity index (χ4n) is 3.19. The van der Waals surface area contributed by atoms with E-state index in [1.807, 2.05) is 49.1 Å². The largest absolute Gasteiger partial charge is 0.352 e. The number of benzene rings is 1. The number of aryl methyl sites for hydroxylation is 1. The standard InChI is InChI=1S/C21H32N4O3/c1-15(2)20(22)21(28)23-14-18(26)24-17-10-12-25(13-11-17)19(27)9-8-16-6-4-3-5-7-16/h3-7,15,17,20H,8-14,22H2,1-2H3,(H,23,28)(H,24,26)/t20-/m0/s1. The number of carbonyl (C=O) groups excluding carboxylic acids is 3. The number of amides is 3. The summed E-state index contributed by atoms with van der Waals surface area (Å²) in [6.45, 7) is 4.93. The van der Waals surface area contributed by atoms with Crippen LogP contribution in [0.3, 0.4) is 0 Å². The Balaban J connectivity index is 1.65. The minimum atomic E-state index is -0.613. The fourth-order valence-corrected chi connectivity index (χ4v) is 3.19. The lowest BCUT2D eigenvalue weighted by Gasteiger charge is -2.32. The smallest absolute Gasteiger partial charge is 0.239 e. The van der Waals surface area contributed by atoms with Crippen molar-refractivity contribution < 1.29 is 14.4 Å². The summed E-state index contributed by atoms with van der Waals surface area (Å²) in [6, 6.07) is 9.40. The van der Waals surface area contributed by atoms with Gasteiger partial charge in [0.05, 0.1) is 12.6 Å². The van der Waals surface area contributed by atoms with Crippen molar-refractivity contribution >= 4 is 17.7 Å². The second-order valence-electron chi connectivity index (χ2n) is 7.70. The van der Waals surface area contributed by atoms with E-state index in [-0.39, 0.29) is 36.2 Å². The van der Waals surface area contributed by atoms with Crippen molar-refractivity contribution in [3.05, 3.63) is 35.9 Å². The van der Waals surface area contributed by atoms with Crippen LogP contribution >= 0.6 is 0 Å². The van der Waals surface area contributed by atoms with E-state index in [1.165, 1.54) is 0 Å². The van der Waals surface area contributed by atoms with Gasteiger partial charge >= 0.3 is 0 Å². The highest BCUT2D eigenvalue weighted by Crippen LogP contribution is 2.13. The molecule has 0 saturated carbocycles. The lowest BCUT2D eigenvalue weighted by Crippen LogP contribution is -2.50. The van der Waals surface area contributed by atoms with Crippen LogP contribution in [0.2, 0.25) is 0 Å². The normalized spacial score (nSPS) is 15.9. The van der Waals surface area contributed by atoms with Crippen LogP contribution in [0, 0.1) is 5.92 Å². The molecule has 1 fully saturated rings. The Bertz CT molecular complexity index is 655. The summed E-state index contributed by atoms with van der Waals surface area (Å²) in [4.78, 5) is 38.1. The summed E-state index contributed by atoms with van der Waals surface area (Å²) >= 11 is 0. The average molecular weight is 389 g/mol. The van der Waals surface area contributed by atoms with E-state index in [9.17, 15) is 14.4 Å². The van der Waals surface area contributed by atoms with Crippen molar-refractivity contribution in [1.29, 1.82) is 0 Å². The first kappa shape index (κ1) is 21.9. The molecule has 0 aromatic heterocycles. The number of carbonyl (C=O) groups is 3. The number of nitrogens with one attached hydrogen (secondary N) is 2. The van der Waals surface area contributed by atoms with Crippen LogP contribution in [0.15, 0.2) is 30.3 Å². The summed E-state index contributed by atoms with van der Waals surface area (Å²) in [5, 5.41) is 5.50. The van der Waals surface area contributed by atoms with E-state index in [0.29, 0.717) is 19.5 Å². The lowest BCUT2D eigenvalue weighted by molar-refractivity contribution is -0.132. The molecule has 3 amide bonds. The third kappa shape index (κ3) is 6.96. The molecule has 1 aromatic rings. The maximum Gasteiger partial charge on any atom is 0.239 e. The number of hydrogen-bond acceptors (Lipinski definition) is 4. The monoisotopic (exact) mass is 388 g/mol. The van der Waals surface area contributed by atoms with Crippen LogP contribution in [0.25, 0.3) is 0 Å². The Morgan fingerprint density at radius 2 is 1.79 bits per heavy atom. The van der Waals surface area contributed by atoms with Crippen LogP contribution in [-0.4, -0.2) is 54.3 Å². The van der Waals surface area contributed by atoms with Crippen LogP contribution in [0.4, 0.5) is 0 Å². The Morgan fingerprint density at radius 1 is 1.14 bits per heavy atom. The van der Waals surface area contributed by atoms with Gasteiger partial charge in [-0.3, -0.25) is 14.4 Å². The molecular formula is C21H32N4O3. The fraction of sp³-hybridized carbons (Fsp3) is 0.571. The predicted octanol–water partition coefficient (Wildman–Crippen LogP) is 0.826. The van der Waals surface area contributed by atoms with Crippen LogP contribution in [-0.2, 0) is 20.8 Å². The van der Waals surface area contributed by atoms with Gasteiger partial charge in [0.2, 0.25) is 17.7 Å². The topological polar surface area (TPSA) is 105 Å². The number of nitrogens with two attached hydrogens (primary N) is 1. The Hall–Kier alpha value is -2.41. The minimum Gasteiger partial charge on any atom is -0.352 e. The Morgan fingerprint density at radius 3 is 2.39 bits per heavy atom. The Kier molecular flexibility index (Phi) is 8.44. The molecule has 0 bridgehead atoms. The Labute approximate surface area is 167 Å². The second kappa shape index (κ2) is 10.8. The van der Waals surface area contributed by atoms with Crippen LogP contribution in [0.1, 0.15) is 38.7 Å². The van der Waals surface area contributed by atoms with Crippen molar-refractivity contribution in [2.75, 3.05) is 19.6 Å². The van der Waals surface area contributed by atoms with Gasteiger partial charge in [0, 0.05) is 25.6 Å². The number of hydrogen-bond donors (Lipinski definition) is 3. The molecule has 4 N–H and O–H groups in total. The number of rotatable bonds is 8. The van der Waals surface area contributed by atoms with E-state index >= 15 is 0 Å². The van der Waals surface area contributed by atoms with E-state index in [0.717, 1.165) is 24.8 Å². The first-order valence-electron chi connectivity index (χ1n) is 10.0. The number of likely N-dealkylation sites (tertiary alicyclic amines) is 1. The van der Waals surface area contributed by atoms with E-state index in [2.05, 4.69) is 10.6 Å². The van der Waals surface area contributed by atoms with Crippen molar-refractivity contribution in [1.82, 2.24) is 15.5 Å². The van der Waals surface area contributed by atoms with Crippen molar-refractivity contribution in [2.24, 2.45) is 11.7 Å². The minimum absolute atomic E-state index is 0.0202. The van der Waals surface area contributed by atoms with Gasteiger partial charge in [0.25, 0.3) is 0 Å². The average Bonchev–Trinajstić information content (AvgIpc) is 2.70. The summed E-state index contributed by atoms with van der Waals surface area (Å²) in [5.41, 5.74) is 6.92. The highest BCUT2D eigenvalue weighted by atomic mass is 16.2. The molecule has 1 aliphatic rings. The molecule has 0 aliphatic carbocycles. The highest BCUT2D eigenvalue weighted by molar-refractivity contribution is 5.87. The van der Waals surface area contributed by atoms with E-state index in [4.69, 9.17) is 5.73 Å². The third-order valence-corrected chi connectivity index (χ3v) is 5.13. The summed E-state index contributed by atoms with van der Waals surface area (Å²) in [7, 11) is 0. The maximum atomic E-state index is 12.4. The molecule has 154 valence electrons. The van der Waals surface area contributed by atoms with Crippen molar-refractivity contribution in [3.8, 4) is 0 Å². The molecule has 7 nitrogen and oxygen atoms in total. The molecular weight excluding hydrogens is 356 g/mol. The van der Waals surface area contributed by atoms with Gasteiger partial charge in [-0.1, -0.05) is 44.2 Å². The first-order valence-corrected chi connectivity index (χ1v) is 10.0. The van der Waals surface area contributed by atoms with Gasteiger partial charge in [-0.2, -0.15) is 0 Å².